The van der Waals surface area contributed by atoms with Crippen LogP contribution in [0.3, 0.4) is 0 Å². The van der Waals surface area contributed by atoms with E-state index in [9.17, 15) is 0 Å². The van der Waals surface area contributed by atoms with Gasteiger partial charge in [0.1, 0.15) is 5.76 Å². The van der Waals surface area contributed by atoms with E-state index in [4.69, 9.17) is 16.6 Å². The van der Waals surface area contributed by atoms with Crippen molar-refractivity contribution in [1.29, 1.82) is 0 Å². The van der Waals surface area contributed by atoms with Gasteiger partial charge in [0.2, 0.25) is 4.77 Å². The summed E-state index contributed by atoms with van der Waals surface area (Å²) in [4.78, 5) is 0. The van der Waals surface area contributed by atoms with Crippen molar-refractivity contribution in [2.75, 3.05) is 0 Å². The van der Waals surface area contributed by atoms with Gasteiger partial charge in [0, 0.05) is 22.4 Å². The van der Waals surface area contributed by atoms with Gasteiger partial charge in [-0.1, -0.05) is 20.8 Å². The number of aryl methyl sites for hydroxylation is 1. The predicted molar refractivity (Wildman–Crippen MR) is 101 cm³/mol. The Morgan fingerprint density at radius 1 is 1.36 bits per heavy atom. The van der Waals surface area contributed by atoms with Crippen molar-refractivity contribution < 1.29 is 4.42 Å². The van der Waals surface area contributed by atoms with E-state index in [1.54, 1.807) is 10.9 Å². The van der Waals surface area contributed by atoms with Crippen molar-refractivity contribution in [2.24, 2.45) is 5.10 Å². The van der Waals surface area contributed by atoms with Crippen LogP contribution in [0.4, 0.5) is 0 Å². The fraction of sp³-hybridized carbons (Fsp3) is 0.389. The number of aromatic amines is 1. The first-order chi connectivity index (χ1) is 11.8. The van der Waals surface area contributed by atoms with E-state index in [0.717, 1.165) is 28.5 Å². The van der Waals surface area contributed by atoms with E-state index in [-0.39, 0.29) is 5.41 Å². The molecule has 0 atom stereocenters. The molecule has 3 heterocycles. The number of aromatic nitrogens is 4. The Morgan fingerprint density at radius 2 is 2.12 bits per heavy atom. The Morgan fingerprint density at radius 3 is 2.76 bits per heavy atom. The molecule has 7 heteroatoms. The molecule has 25 heavy (non-hydrogen) atoms. The van der Waals surface area contributed by atoms with Crippen LogP contribution in [0, 0.1) is 18.6 Å². The summed E-state index contributed by atoms with van der Waals surface area (Å²) in [5, 5.41) is 11.7. The summed E-state index contributed by atoms with van der Waals surface area (Å²) >= 11 is 5.31. The number of furan rings is 1. The highest BCUT2D eigenvalue weighted by Gasteiger charge is 2.21. The first-order valence-corrected chi connectivity index (χ1v) is 8.59. The zero-order chi connectivity index (χ0) is 18.2. The molecule has 0 aromatic carbocycles. The molecule has 6 nitrogen and oxygen atoms in total. The van der Waals surface area contributed by atoms with Gasteiger partial charge in [-0.25, -0.2) is 0 Å². The monoisotopic (exact) mass is 357 g/mol. The van der Waals surface area contributed by atoms with E-state index < -0.39 is 0 Å². The number of nitrogens with zero attached hydrogens (tertiary/aromatic N) is 4. The SMILES string of the molecule is Cc1cc(/C=N\n2c(C(C)(C)C)n[nH]c2=S)c(C)n1Cc1ccco1. The Bertz CT molecular complexity index is 951. The average Bonchev–Trinajstić information content (AvgIpc) is 3.22. The van der Waals surface area contributed by atoms with E-state index in [2.05, 4.69) is 60.6 Å². The Balaban J connectivity index is 1.93. The zero-order valence-electron chi connectivity index (χ0n) is 15.2. The molecule has 0 bridgehead atoms. The molecule has 0 amide bonds. The third-order valence-corrected chi connectivity index (χ3v) is 4.40. The highest BCUT2D eigenvalue weighted by molar-refractivity contribution is 7.71. The number of hydrogen-bond acceptors (Lipinski definition) is 4. The first kappa shape index (κ1) is 17.4. The van der Waals surface area contributed by atoms with Crippen molar-refractivity contribution in [3.63, 3.8) is 0 Å². The van der Waals surface area contributed by atoms with Crippen LogP contribution in [-0.2, 0) is 12.0 Å². The van der Waals surface area contributed by atoms with Crippen molar-refractivity contribution in [3.05, 3.63) is 57.8 Å². The van der Waals surface area contributed by atoms with Crippen molar-refractivity contribution in [2.45, 2.75) is 46.6 Å². The Kier molecular flexibility index (Phi) is 4.51. The summed E-state index contributed by atoms with van der Waals surface area (Å²) in [5.41, 5.74) is 3.18. The molecule has 0 aliphatic carbocycles. The average molecular weight is 357 g/mol. The van der Waals surface area contributed by atoms with Crippen LogP contribution >= 0.6 is 12.2 Å². The molecule has 0 aliphatic rings. The molecule has 0 unspecified atom stereocenters. The number of hydrogen-bond donors (Lipinski definition) is 1. The van der Waals surface area contributed by atoms with Gasteiger partial charge < -0.3 is 8.98 Å². The summed E-state index contributed by atoms with van der Waals surface area (Å²) in [6.07, 6.45) is 3.53. The molecule has 132 valence electrons. The molecular formula is C18H23N5OS. The van der Waals surface area contributed by atoms with Gasteiger partial charge in [-0.2, -0.15) is 14.9 Å². The van der Waals surface area contributed by atoms with Crippen LogP contribution in [-0.4, -0.2) is 25.7 Å². The van der Waals surface area contributed by atoms with Crippen LogP contribution in [0.15, 0.2) is 34.0 Å². The quantitative estimate of drug-likeness (QED) is 0.563. The molecule has 1 N–H and O–H groups in total. The van der Waals surface area contributed by atoms with Gasteiger partial charge in [0.15, 0.2) is 5.82 Å². The van der Waals surface area contributed by atoms with E-state index in [1.165, 1.54) is 0 Å². The molecule has 0 radical (unpaired) electrons. The lowest BCUT2D eigenvalue weighted by molar-refractivity contribution is 0.489. The largest absolute Gasteiger partial charge is 0.467 e. The van der Waals surface area contributed by atoms with Crippen LogP contribution in [0.5, 0.6) is 0 Å². The number of nitrogens with one attached hydrogen (secondary N) is 1. The predicted octanol–water partition coefficient (Wildman–Crippen LogP) is 4.18. The second-order valence-electron chi connectivity index (χ2n) is 7.15. The summed E-state index contributed by atoms with van der Waals surface area (Å²) in [5.74, 6) is 1.73. The second-order valence-corrected chi connectivity index (χ2v) is 7.54. The van der Waals surface area contributed by atoms with E-state index >= 15 is 0 Å². The summed E-state index contributed by atoms with van der Waals surface area (Å²) < 4.78 is 9.85. The number of rotatable bonds is 4. The van der Waals surface area contributed by atoms with Crippen LogP contribution < -0.4 is 0 Å². The molecular weight excluding hydrogens is 334 g/mol. The molecule has 0 saturated carbocycles. The standard InChI is InChI=1S/C18H23N5OS/c1-12-9-14(13(2)22(12)11-15-7-6-8-24-15)10-19-23-16(18(3,4)5)20-21-17(23)25/h6-10H,11H2,1-5H3,(H,21,25)/b19-10-. The lowest BCUT2D eigenvalue weighted by atomic mass is 9.96. The molecule has 3 aromatic rings. The third kappa shape index (κ3) is 3.51. The van der Waals surface area contributed by atoms with Crippen LogP contribution in [0.2, 0.25) is 0 Å². The maximum absolute atomic E-state index is 5.46. The minimum absolute atomic E-state index is 0.152. The van der Waals surface area contributed by atoms with Gasteiger partial charge in [0.25, 0.3) is 0 Å². The van der Waals surface area contributed by atoms with E-state index in [1.807, 2.05) is 18.3 Å². The van der Waals surface area contributed by atoms with Crippen molar-refractivity contribution in [1.82, 2.24) is 19.4 Å². The zero-order valence-corrected chi connectivity index (χ0v) is 16.0. The minimum Gasteiger partial charge on any atom is -0.467 e. The maximum atomic E-state index is 5.46. The summed E-state index contributed by atoms with van der Waals surface area (Å²) in [6, 6.07) is 6.00. The molecule has 3 aromatic heterocycles. The lowest BCUT2D eigenvalue weighted by Crippen LogP contribution is -2.17. The lowest BCUT2D eigenvalue weighted by Gasteiger charge is -2.15. The molecule has 3 rings (SSSR count). The first-order valence-electron chi connectivity index (χ1n) is 8.18. The van der Waals surface area contributed by atoms with Crippen molar-refractivity contribution >= 4 is 18.4 Å². The van der Waals surface area contributed by atoms with E-state index in [0.29, 0.717) is 11.3 Å². The fourth-order valence-corrected chi connectivity index (χ4v) is 2.94. The summed E-state index contributed by atoms with van der Waals surface area (Å²) in [7, 11) is 0. The minimum atomic E-state index is -0.152. The molecule has 0 saturated heterocycles. The molecule has 0 spiro atoms. The number of H-pyrrole nitrogens is 1. The normalized spacial score (nSPS) is 12.4. The van der Waals surface area contributed by atoms with Gasteiger partial charge in [-0.3, -0.25) is 5.10 Å². The third-order valence-electron chi connectivity index (χ3n) is 4.14. The maximum Gasteiger partial charge on any atom is 0.216 e. The molecule has 0 aliphatic heterocycles. The Labute approximate surface area is 152 Å². The highest BCUT2D eigenvalue weighted by atomic mass is 32.1. The van der Waals surface area contributed by atoms with Crippen molar-refractivity contribution in [3.8, 4) is 0 Å². The highest BCUT2D eigenvalue weighted by Crippen LogP contribution is 2.20. The fourth-order valence-electron chi connectivity index (χ4n) is 2.76. The van der Waals surface area contributed by atoms with Gasteiger partial charge >= 0.3 is 0 Å². The van der Waals surface area contributed by atoms with Gasteiger partial charge in [-0.15, -0.1) is 0 Å². The van der Waals surface area contributed by atoms with Crippen LogP contribution in [0.25, 0.3) is 0 Å². The Hall–Kier alpha value is -2.41. The van der Waals surface area contributed by atoms with Gasteiger partial charge in [0.05, 0.1) is 19.0 Å². The smallest absolute Gasteiger partial charge is 0.216 e. The second kappa shape index (κ2) is 6.48. The molecule has 0 fully saturated rings. The topological polar surface area (TPSA) is 64.0 Å². The van der Waals surface area contributed by atoms with Crippen LogP contribution in [0.1, 0.15) is 49.3 Å². The summed E-state index contributed by atoms with van der Waals surface area (Å²) in [6.45, 7) is 11.1. The van der Waals surface area contributed by atoms with Gasteiger partial charge in [-0.05, 0) is 44.3 Å².